The average Bonchev–Trinajstić information content (AvgIpc) is 3.09. The lowest BCUT2D eigenvalue weighted by molar-refractivity contribution is -0.171. The standard InChI is InChI=1S/C23H26FN3O3/c1-17(28)27-14-21(22(29)25-20-9-5-8-19(24)12-20)30-23(16-27)10-11-26(15-23)13-18-6-3-2-4-7-18/h2-9,12,21H,10-11,13-16H2,1H3,(H,25,29)/t21-,23+/m1/s1. The van der Waals surface area contributed by atoms with Crippen molar-refractivity contribution in [3.05, 3.63) is 66.0 Å². The van der Waals surface area contributed by atoms with Gasteiger partial charge in [-0.3, -0.25) is 14.5 Å². The summed E-state index contributed by atoms with van der Waals surface area (Å²) < 4.78 is 19.8. The first-order valence-electron chi connectivity index (χ1n) is 10.2. The van der Waals surface area contributed by atoms with Gasteiger partial charge in [0.15, 0.2) is 6.10 Å². The third kappa shape index (κ3) is 4.68. The molecule has 1 spiro atoms. The first kappa shape index (κ1) is 20.5. The number of morpholine rings is 1. The van der Waals surface area contributed by atoms with Gasteiger partial charge in [0.25, 0.3) is 5.91 Å². The zero-order valence-electron chi connectivity index (χ0n) is 17.0. The third-order valence-corrected chi connectivity index (χ3v) is 5.73. The van der Waals surface area contributed by atoms with Crippen LogP contribution in [0, 0.1) is 5.82 Å². The summed E-state index contributed by atoms with van der Waals surface area (Å²) in [6.45, 7) is 4.45. The van der Waals surface area contributed by atoms with Gasteiger partial charge in [0.05, 0.1) is 13.1 Å². The second-order valence-electron chi connectivity index (χ2n) is 8.13. The van der Waals surface area contributed by atoms with Gasteiger partial charge in [0.2, 0.25) is 5.91 Å². The number of nitrogens with zero attached hydrogens (tertiary/aromatic N) is 2. The lowest BCUT2D eigenvalue weighted by Gasteiger charge is -2.43. The summed E-state index contributed by atoms with van der Waals surface area (Å²) >= 11 is 0. The zero-order chi connectivity index (χ0) is 21.1. The number of benzene rings is 2. The highest BCUT2D eigenvalue weighted by molar-refractivity contribution is 5.94. The predicted molar refractivity (Wildman–Crippen MR) is 111 cm³/mol. The van der Waals surface area contributed by atoms with E-state index in [9.17, 15) is 14.0 Å². The van der Waals surface area contributed by atoms with Gasteiger partial charge in [-0.15, -0.1) is 0 Å². The molecule has 6 nitrogen and oxygen atoms in total. The van der Waals surface area contributed by atoms with Crippen molar-refractivity contribution in [3.63, 3.8) is 0 Å². The van der Waals surface area contributed by atoms with E-state index in [1.807, 2.05) is 18.2 Å². The van der Waals surface area contributed by atoms with Crippen molar-refractivity contribution in [2.75, 3.05) is 31.5 Å². The Kier molecular flexibility index (Phi) is 5.83. The van der Waals surface area contributed by atoms with E-state index in [0.29, 0.717) is 18.8 Å². The number of carbonyl (C=O) groups excluding carboxylic acids is 2. The lowest BCUT2D eigenvalue weighted by atomic mass is 9.98. The quantitative estimate of drug-likeness (QED) is 0.840. The van der Waals surface area contributed by atoms with Crippen LogP contribution in [0.5, 0.6) is 0 Å². The molecule has 0 aliphatic carbocycles. The van der Waals surface area contributed by atoms with Gasteiger partial charge in [-0.25, -0.2) is 4.39 Å². The predicted octanol–water partition coefficient (Wildman–Crippen LogP) is 2.66. The minimum atomic E-state index is -0.803. The highest BCUT2D eigenvalue weighted by Gasteiger charge is 2.48. The highest BCUT2D eigenvalue weighted by atomic mass is 19.1. The molecule has 158 valence electrons. The fraction of sp³-hybridized carbons (Fsp3) is 0.391. The van der Waals surface area contributed by atoms with E-state index in [1.54, 1.807) is 11.0 Å². The zero-order valence-corrected chi connectivity index (χ0v) is 17.0. The minimum absolute atomic E-state index is 0.0808. The average molecular weight is 411 g/mol. The summed E-state index contributed by atoms with van der Waals surface area (Å²) in [4.78, 5) is 29.0. The monoisotopic (exact) mass is 411 g/mol. The van der Waals surface area contributed by atoms with Crippen LogP contribution in [0.1, 0.15) is 18.9 Å². The van der Waals surface area contributed by atoms with E-state index in [-0.39, 0.29) is 18.4 Å². The van der Waals surface area contributed by atoms with Crippen LogP contribution < -0.4 is 5.32 Å². The summed E-state index contributed by atoms with van der Waals surface area (Å²) in [6, 6.07) is 15.9. The number of carbonyl (C=O) groups is 2. The number of likely N-dealkylation sites (tertiary alicyclic amines) is 1. The molecule has 2 atom stereocenters. The SMILES string of the molecule is CC(=O)N1C[C@H](C(=O)Nc2cccc(F)c2)O[C@]2(CCN(Cc3ccccc3)C2)C1. The third-order valence-electron chi connectivity index (χ3n) is 5.73. The van der Waals surface area contributed by atoms with Crippen LogP contribution in [0.25, 0.3) is 0 Å². The van der Waals surface area contributed by atoms with Crippen LogP contribution in [-0.2, 0) is 20.9 Å². The highest BCUT2D eigenvalue weighted by Crippen LogP contribution is 2.33. The molecule has 0 aromatic heterocycles. The van der Waals surface area contributed by atoms with Crippen molar-refractivity contribution in [3.8, 4) is 0 Å². The molecular weight excluding hydrogens is 385 g/mol. The largest absolute Gasteiger partial charge is 0.357 e. The molecular formula is C23H26FN3O3. The molecule has 2 fully saturated rings. The smallest absolute Gasteiger partial charge is 0.255 e. The molecule has 2 saturated heterocycles. The van der Waals surface area contributed by atoms with Crippen LogP contribution in [-0.4, -0.2) is 59.5 Å². The van der Waals surface area contributed by atoms with Crippen LogP contribution in [0.2, 0.25) is 0 Å². The van der Waals surface area contributed by atoms with Crippen molar-refractivity contribution in [2.45, 2.75) is 31.6 Å². The fourth-order valence-electron chi connectivity index (χ4n) is 4.28. The molecule has 2 heterocycles. The Bertz CT molecular complexity index is 923. The van der Waals surface area contributed by atoms with Gasteiger partial charge < -0.3 is 15.0 Å². The molecule has 2 aliphatic heterocycles. The Morgan fingerprint density at radius 1 is 1.17 bits per heavy atom. The number of anilines is 1. The number of rotatable bonds is 4. The lowest BCUT2D eigenvalue weighted by Crippen LogP contribution is -2.60. The number of hydrogen-bond acceptors (Lipinski definition) is 4. The number of ether oxygens (including phenoxy) is 1. The summed E-state index contributed by atoms with van der Waals surface area (Å²) in [6.07, 6.45) is -0.0597. The van der Waals surface area contributed by atoms with E-state index in [0.717, 1.165) is 19.5 Å². The van der Waals surface area contributed by atoms with E-state index in [4.69, 9.17) is 4.74 Å². The van der Waals surface area contributed by atoms with Crippen LogP contribution in [0.15, 0.2) is 54.6 Å². The number of nitrogens with one attached hydrogen (secondary N) is 1. The van der Waals surface area contributed by atoms with E-state index in [1.165, 1.54) is 30.7 Å². The van der Waals surface area contributed by atoms with Gasteiger partial charge in [-0.1, -0.05) is 36.4 Å². The van der Waals surface area contributed by atoms with Crippen molar-refractivity contribution < 1.29 is 18.7 Å². The van der Waals surface area contributed by atoms with Gasteiger partial charge >= 0.3 is 0 Å². The maximum absolute atomic E-state index is 13.4. The maximum Gasteiger partial charge on any atom is 0.255 e. The molecule has 2 aliphatic rings. The van der Waals surface area contributed by atoms with Crippen molar-refractivity contribution >= 4 is 17.5 Å². The molecule has 2 aromatic rings. The Labute approximate surface area is 175 Å². The van der Waals surface area contributed by atoms with Crippen molar-refractivity contribution in [2.24, 2.45) is 0 Å². The molecule has 30 heavy (non-hydrogen) atoms. The van der Waals surface area contributed by atoms with Gasteiger partial charge in [0.1, 0.15) is 11.4 Å². The first-order valence-corrected chi connectivity index (χ1v) is 10.2. The molecule has 0 saturated carbocycles. The molecule has 0 bridgehead atoms. The Balaban J connectivity index is 1.47. The molecule has 2 aromatic carbocycles. The summed E-state index contributed by atoms with van der Waals surface area (Å²) in [7, 11) is 0. The Morgan fingerprint density at radius 3 is 2.70 bits per heavy atom. The molecule has 7 heteroatoms. The molecule has 2 amide bonds. The summed E-state index contributed by atoms with van der Waals surface area (Å²) in [5, 5.41) is 2.71. The molecule has 1 N–H and O–H groups in total. The first-order chi connectivity index (χ1) is 14.4. The Hall–Kier alpha value is -2.77. The molecule has 4 rings (SSSR count). The topological polar surface area (TPSA) is 61.9 Å². The van der Waals surface area contributed by atoms with Crippen molar-refractivity contribution in [1.82, 2.24) is 9.80 Å². The minimum Gasteiger partial charge on any atom is -0.357 e. The summed E-state index contributed by atoms with van der Waals surface area (Å²) in [5.41, 5.74) is 1.01. The van der Waals surface area contributed by atoms with Crippen LogP contribution in [0.4, 0.5) is 10.1 Å². The van der Waals surface area contributed by atoms with Gasteiger partial charge in [-0.2, -0.15) is 0 Å². The Morgan fingerprint density at radius 2 is 1.97 bits per heavy atom. The number of amides is 2. The van der Waals surface area contributed by atoms with Gasteiger partial charge in [-0.05, 0) is 30.2 Å². The second-order valence-corrected chi connectivity index (χ2v) is 8.13. The molecule has 0 radical (unpaired) electrons. The van der Waals surface area contributed by atoms with Crippen LogP contribution >= 0.6 is 0 Å². The summed E-state index contributed by atoms with van der Waals surface area (Å²) in [5.74, 6) is -0.873. The maximum atomic E-state index is 13.4. The normalized spacial score (nSPS) is 24.2. The fourth-order valence-corrected chi connectivity index (χ4v) is 4.28. The van der Waals surface area contributed by atoms with Gasteiger partial charge in [0, 0.05) is 32.2 Å². The van der Waals surface area contributed by atoms with E-state index < -0.39 is 17.5 Å². The second kappa shape index (κ2) is 8.53. The van der Waals surface area contributed by atoms with Crippen molar-refractivity contribution in [1.29, 1.82) is 0 Å². The number of halogens is 1. The van der Waals surface area contributed by atoms with E-state index >= 15 is 0 Å². The number of hydrogen-bond donors (Lipinski definition) is 1. The van der Waals surface area contributed by atoms with E-state index in [2.05, 4.69) is 22.3 Å². The molecule has 0 unspecified atom stereocenters. The van der Waals surface area contributed by atoms with Crippen LogP contribution in [0.3, 0.4) is 0 Å².